The van der Waals surface area contributed by atoms with E-state index in [-0.39, 0.29) is 30.7 Å². The number of nitrogens with one attached hydrogen (secondary N) is 1. The van der Waals surface area contributed by atoms with Crippen LogP contribution in [0.15, 0.2) is 30.3 Å². The smallest absolute Gasteiger partial charge is 0.303 e. The molecule has 1 heterocycles. The van der Waals surface area contributed by atoms with Gasteiger partial charge >= 0.3 is 5.97 Å². The zero-order valence-electron chi connectivity index (χ0n) is 14.3. The van der Waals surface area contributed by atoms with Gasteiger partial charge in [-0.05, 0) is 30.9 Å². The Morgan fingerprint density at radius 1 is 1.25 bits per heavy atom. The van der Waals surface area contributed by atoms with Crippen LogP contribution in [-0.2, 0) is 14.4 Å². The first-order valence-corrected chi connectivity index (χ1v) is 8.09. The van der Waals surface area contributed by atoms with Gasteiger partial charge in [-0.15, -0.1) is 0 Å². The van der Waals surface area contributed by atoms with Gasteiger partial charge in [0, 0.05) is 18.2 Å². The molecule has 2 amide bonds. The standard InChI is InChI=1S/C18H24N2O4/c1-12-9-14(17(24)20(12)13-7-5-4-6-8-13)19-15(21)10-18(2,3)11-16(22)23/h4-8,12,14H,9-11H2,1-3H3,(H,19,21)(H,22,23). The number of carbonyl (C=O) groups is 3. The highest BCUT2D eigenvalue weighted by atomic mass is 16.4. The number of nitrogens with zero attached hydrogens (tertiary/aromatic N) is 1. The van der Waals surface area contributed by atoms with Gasteiger partial charge in [0.2, 0.25) is 11.8 Å². The van der Waals surface area contributed by atoms with Crippen molar-refractivity contribution < 1.29 is 19.5 Å². The Morgan fingerprint density at radius 2 is 1.88 bits per heavy atom. The van der Waals surface area contributed by atoms with Gasteiger partial charge in [-0.2, -0.15) is 0 Å². The van der Waals surface area contributed by atoms with Crippen LogP contribution in [0.5, 0.6) is 0 Å². The molecule has 6 heteroatoms. The lowest BCUT2D eigenvalue weighted by Gasteiger charge is -2.23. The average molecular weight is 332 g/mol. The van der Waals surface area contributed by atoms with Gasteiger partial charge in [-0.25, -0.2) is 0 Å². The number of carboxylic acids is 1. The van der Waals surface area contributed by atoms with Crippen molar-refractivity contribution in [1.82, 2.24) is 5.32 Å². The van der Waals surface area contributed by atoms with Crippen LogP contribution < -0.4 is 10.2 Å². The summed E-state index contributed by atoms with van der Waals surface area (Å²) in [5.41, 5.74) is 0.167. The maximum atomic E-state index is 12.6. The summed E-state index contributed by atoms with van der Waals surface area (Å²) >= 11 is 0. The van der Waals surface area contributed by atoms with E-state index in [9.17, 15) is 14.4 Å². The van der Waals surface area contributed by atoms with E-state index in [1.807, 2.05) is 37.3 Å². The van der Waals surface area contributed by atoms with Crippen molar-refractivity contribution in [3.05, 3.63) is 30.3 Å². The van der Waals surface area contributed by atoms with Gasteiger partial charge in [0.25, 0.3) is 0 Å². The molecule has 0 spiro atoms. The van der Waals surface area contributed by atoms with Crippen molar-refractivity contribution in [3.63, 3.8) is 0 Å². The molecule has 0 bridgehead atoms. The summed E-state index contributed by atoms with van der Waals surface area (Å²) in [5.74, 6) is -1.35. The number of hydrogen-bond acceptors (Lipinski definition) is 3. The number of para-hydroxylation sites is 1. The lowest BCUT2D eigenvalue weighted by atomic mass is 9.85. The highest BCUT2D eigenvalue weighted by molar-refractivity contribution is 6.02. The summed E-state index contributed by atoms with van der Waals surface area (Å²) in [4.78, 5) is 37.4. The summed E-state index contributed by atoms with van der Waals surface area (Å²) in [6, 6.07) is 8.80. The Bertz CT molecular complexity index is 627. The number of carboxylic acid groups (broad SMARTS) is 1. The monoisotopic (exact) mass is 332 g/mol. The molecule has 0 saturated carbocycles. The van der Waals surface area contributed by atoms with Crippen molar-refractivity contribution in [2.75, 3.05) is 4.90 Å². The quantitative estimate of drug-likeness (QED) is 0.836. The van der Waals surface area contributed by atoms with Crippen LogP contribution in [0.1, 0.15) is 40.0 Å². The third-order valence-electron chi connectivity index (χ3n) is 4.19. The van der Waals surface area contributed by atoms with Gasteiger partial charge in [-0.3, -0.25) is 14.4 Å². The molecule has 1 aromatic rings. The van der Waals surface area contributed by atoms with Crippen LogP contribution in [0, 0.1) is 5.41 Å². The maximum absolute atomic E-state index is 12.6. The van der Waals surface area contributed by atoms with E-state index in [2.05, 4.69) is 5.32 Å². The average Bonchev–Trinajstić information content (AvgIpc) is 2.72. The summed E-state index contributed by atoms with van der Waals surface area (Å²) in [7, 11) is 0. The van der Waals surface area contributed by atoms with Crippen LogP contribution in [-0.4, -0.2) is 35.0 Å². The Balaban J connectivity index is 2.00. The molecule has 1 aromatic carbocycles. The first-order valence-electron chi connectivity index (χ1n) is 8.09. The van der Waals surface area contributed by atoms with Crippen molar-refractivity contribution in [2.24, 2.45) is 5.41 Å². The Labute approximate surface area is 141 Å². The predicted octanol–water partition coefficient (Wildman–Crippen LogP) is 2.19. The summed E-state index contributed by atoms with van der Waals surface area (Å²) in [5, 5.41) is 11.7. The third kappa shape index (κ3) is 4.34. The van der Waals surface area contributed by atoms with E-state index in [1.54, 1.807) is 18.7 Å². The van der Waals surface area contributed by atoms with E-state index < -0.39 is 17.4 Å². The molecule has 2 atom stereocenters. The second kappa shape index (κ2) is 7.03. The fourth-order valence-electron chi connectivity index (χ4n) is 3.18. The van der Waals surface area contributed by atoms with Crippen molar-refractivity contribution in [2.45, 2.75) is 52.1 Å². The zero-order chi connectivity index (χ0) is 17.9. The molecule has 0 radical (unpaired) electrons. The lowest BCUT2D eigenvalue weighted by Crippen LogP contribution is -2.43. The topological polar surface area (TPSA) is 86.7 Å². The van der Waals surface area contributed by atoms with Gasteiger partial charge in [0.05, 0.1) is 6.42 Å². The molecule has 6 nitrogen and oxygen atoms in total. The molecule has 1 aliphatic heterocycles. The van der Waals surface area contributed by atoms with Crippen molar-refractivity contribution in [1.29, 1.82) is 0 Å². The molecule has 1 saturated heterocycles. The molecule has 24 heavy (non-hydrogen) atoms. The minimum Gasteiger partial charge on any atom is -0.481 e. The number of aliphatic carboxylic acids is 1. The van der Waals surface area contributed by atoms with Crippen LogP contribution in [0.25, 0.3) is 0 Å². The van der Waals surface area contributed by atoms with Gasteiger partial charge in [0.15, 0.2) is 0 Å². The van der Waals surface area contributed by atoms with Gasteiger partial charge < -0.3 is 15.3 Å². The van der Waals surface area contributed by atoms with E-state index in [0.717, 1.165) is 5.69 Å². The van der Waals surface area contributed by atoms with Crippen molar-refractivity contribution >= 4 is 23.5 Å². The minimum absolute atomic E-state index is 0.00257. The van der Waals surface area contributed by atoms with E-state index in [4.69, 9.17) is 5.11 Å². The molecule has 0 aliphatic carbocycles. The summed E-state index contributed by atoms with van der Waals surface area (Å²) in [6.07, 6.45) is 0.521. The van der Waals surface area contributed by atoms with Crippen LogP contribution in [0.3, 0.4) is 0 Å². The molecule has 130 valence electrons. The predicted molar refractivity (Wildman–Crippen MR) is 90.6 cm³/mol. The molecule has 2 rings (SSSR count). The number of benzene rings is 1. The largest absolute Gasteiger partial charge is 0.481 e. The highest BCUT2D eigenvalue weighted by Gasteiger charge is 2.39. The number of hydrogen-bond donors (Lipinski definition) is 2. The molecule has 1 aliphatic rings. The molecule has 2 unspecified atom stereocenters. The molecule has 0 aromatic heterocycles. The normalized spacial score (nSPS) is 21.0. The van der Waals surface area contributed by atoms with E-state index >= 15 is 0 Å². The Hall–Kier alpha value is -2.37. The number of carbonyl (C=O) groups excluding carboxylic acids is 2. The second-order valence-electron chi connectivity index (χ2n) is 7.16. The number of amides is 2. The molecule has 1 fully saturated rings. The maximum Gasteiger partial charge on any atom is 0.303 e. The Kier molecular flexibility index (Phi) is 5.26. The first kappa shape index (κ1) is 18.0. The number of rotatable bonds is 6. The van der Waals surface area contributed by atoms with E-state index in [1.165, 1.54) is 0 Å². The SMILES string of the molecule is CC1CC(NC(=O)CC(C)(C)CC(=O)O)C(=O)N1c1ccccc1. The van der Waals surface area contributed by atoms with Gasteiger partial charge in [-0.1, -0.05) is 32.0 Å². The van der Waals surface area contributed by atoms with Crippen LogP contribution in [0.2, 0.25) is 0 Å². The fraction of sp³-hybridized carbons (Fsp3) is 0.500. The Morgan fingerprint density at radius 3 is 2.46 bits per heavy atom. The van der Waals surface area contributed by atoms with Gasteiger partial charge in [0.1, 0.15) is 6.04 Å². The minimum atomic E-state index is -0.936. The molecular formula is C18H24N2O4. The third-order valence-corrected chi connectivity index (χ3v) is 4.19. The first-order chi connectivity index (χ1) is 11.2. The van der Waals surface area contributed by atoms with E-state index in [0.29, 0.717) is 6.42 Å². The lowest BCUT2D eigenvalue weighted by molar-refractivity contribution is -0.140. The highest BCUT2D eigenvalue weighted by Crippen LogP contribution is 2.28. The second-order valence-corrected chi connectivity index (χ2v) is 7.16. The zero-order valence-corrected chi connectivity index (χ0v) is 14.3. The molecule has 2 N–H and O–H groups in total. The van der Waals surface area contributed by atoms with Crippen LogP contribution in [0.4, 0.5) is 5.69 Å². The van der Waals surface area contributed by atoms with Crippen molar-refractivity contribution in [3.8, 4) is 0 Å². The summed E-state index contributed by atoms with van der Waals surface area (Å²) < 4.78 is 0. The summed E-state index contributed by atoms with van der Waals surface area (Å²) in [6.45, 7) is 5.41. The molecular weight excluding hydrogens is 308 g/mol. The number of anilines is 1. The van der Waals surface area contributed by atoms with Crippen LogP contribution >= 0.6 is 0 Å². The fourth-order valence-corrected chi connectivity index (χ4v) is 3.18.